The lowest BCUT2D eigenvalue weighted by atomic mass is 10.1. The average Bonchev–Trinajstić information content (AvgIpc) is 2.53. The van der Waals surface area contributed by atoms with Crippen LogP contribution < -0.4 is 0 Å². The molecule has 0 amide bonds. The van der Waals surface area contributed by atoms with Crippen molar-refractivity contribution < 1.29 is 14.3 Å². The SMILES string of the molecule is N#Cc1cccc(C(=O)OCC(=O)c2ccccc2)c1. The van der Waals surface area contributed by atoms with Crippen molar-refractivity contribution >= 4 is 11.8 Å². The molecule has 0 saturated carbocycles. The second-order valence-electron chi connectivity index (χ2n) is 4.06. The highest BCUT2D eigenvalue weighted by atomic mass is 16.5. The normalized spacial score (nSPS) is 9.55. The molecule has 4 nitrogen and oxygen atoms in total. The van der Waals surface area contributed by atoms with E-state index in [1.807, 2.05) is 6.07 Å². The number of esters is 1. The number of rotatable bonds is 4. The fraction of sp³-hybridized carbons (Fsp3) is 0.0625. The molecule has 0 fully saturated rings. The summed E-state index contributed by atoms with van der Waals surface area (Å²) in [6, 6.07) is 16.7. The van der Waals surface area contributed by atoms with Crippen molar-refractivity contribution in [2.45, 2.75) is 0 Å². The zero-order valence-corrected chi connectivity index (χ0v) is 10.6. The summed E-state index contributed by atoms with van der Waals surface area (Å²) in [5.41, 5.74) is 1.12. The van der Waals surface area contributed by atoms with Crippen LogP contribution in [0.3, 0.4) is 0 Å². The van der Waals surface area contributed by atoms with E-state index in [2.05, 4.69) is 0 Å². The van der Waals surface area contributed by atoms with E-state index in [1.54, 1.807) is 42.5 Å². The van der Waals surface area contributed by atoms with Crippen molar-refractivity contribution in [1.82, 2.24) is 0 Å². The van der Waals surface area contributed by atoms with Crippen LogP contribution in [-0.4, -0.2) is 18.4 Å². The predicted octanol–water partition coefficient (Wildman–Crippen LogP) is 2.60. The first-order valence-electron chi connectivity index (χ1n) is 5.96. The van der Waals surface area contributed by atoms with Gasteiger partial charge in [-0.25, -0.2) is 4.79 Å². The van der Waals surface area contributed by atoms with Gasteiger partial charge in [0, 0.05) is 5.56 Å². The molecule has 0 aromatic heterocycles. The molecule has 0 heterocycles. The van der Waals surface area contributed by atoms with Gasteiger partial charge >= 0.3 is 5.97 Å². The van der Waals surface area contributed by atoms with Gasteiger partial charge in [0.1, 0.15) is 0 Å². The number of benzene rings is 2. The minimum atomic E-state index is -0.619. The van der Waals surface area contributed by atoms with Crippen molar-refractivity contribution in [2.24, 2.45) is 0 Å². The lowest BCUT2D eigenvalue weighted by Gasteiger charge is -2.04. The van der Waals surface area contributed by atoms with Gasteiger partial charge in [0.25, 0.3) is 0 Å². The monoisotopic (exact) mass is 265 g/mol. The third kappa shape index (κ3) is 3.30. The molecule has 4 heteroatoms. The Morgan fingerprint density at radius 3 is 2.40 bits per heavy atom. The first-order chi connectivity index (χ1) is 9.70. The molecular weight excluding hydrogens is 254 g/mol. The number of carbonyl (C=O) groups is 2. The Balaban J connectivity index is 1.99. The number of Topliss-reactive ketones (excluding diaryl/α,β-unsaturated/α-hetero) is 1. The van der Waals surface area contributed by atoms with Gasteiger partial charge in [-0.1, -0.05) is 36.4 Å². The minimum absolute atomic E-state index is 0.255. The first kappa shape index (κ1) is 13.5. The fourth-order valence-electron chi connectivity index (χ4n) is 1.64. The van der Waals surface area contributed by atoms with Crippen molar-refractivity contribution in [3.05, 3.63) is 71.3 Å². The van der Waals surface area contributed by atoms with E-state index in [4.69, 9.17) is 10.00 Å². The smallest absolute Gasteiger partial charge is 0.338 e. The van der Waals surface area contributed by atoms with Crippen molar-refractivity contribution in [3.8, 4) is 6.07 Å². The molecule has 0 unspecified atom stereocenters. The molecule has 0 aliphatic heterocycles. The van der Waals surface area contributed by atoms with Crippen LogP contribution >= 0.6 is 0 Å². The number of hydrogen-bond acceptors (Lipinski definition) is 4. The Morgan fingerprint density at radius 1 is 1.00 bits per heavy atom. The molecule has 2 aromatic carbocycles. The third-order valence-electron chi connectivity index (χ3n) is 2.66. The Morgan fingerprint density at radius 2 is 1.70 bits per heavy atom. The largest absolute Gasteiger partial charge is 0.454 e. The number of hydrogen-bond donors (Lipinski definition) is 0. The third-order valence-corrected chi connectivity index (χ3v) is 2.66. The first-order valence-corrected chi connectivity index (χ1v) is 5.96. The zero-order valence-electron chi connectivity index (χ0n) is 10.6. The Kier molecular flexibility index (Phi) is 4.25. The number of nitrogens with zero attached hydrogens (tertiary/aromatic N) is 1. The van der Waals surface area contributed by atoms with Crippen LogP contribution in [-0.2, 0) is 4.74 Å². The number of carbonyl (C=O) groups excluding carboxylic acids is 2. The average molecular weight is 265 g/mol. The molecular formula is C16H11NO3. The lowest BCUT2D eigenvalue weighted by Crippen LogP contribution is -2.14. The predicted molar refractivity (Wildman–Crippen MR) is 72.2 cm³/mol. The van der Waals surface area contributed by atoms with Crippen LogP contribution in [0.1, 0.15) is 26.3 Å². The van der Waals surface area contributed by atoms with Gasteiger partial charge in [-0.05, 0) is 18.2 Å². The highest BCUT2D eigenvalue weighted by molar-refractivity contribution is 5.99. The summed E-state index contributed by atoms with van der Waals surface area (Å²) in [4.78, 5) is 23.5. The molecule has 0 atom stereocenters. The van der Waals surface area contributed by atoms with Gasteiger partial charge in [-0.3, -0.25) is 4.79 Å². The Labute approximate surface area is 116 Å². The summed E-state index contributed by atoms with van der Waals surface area (Å²) < 4.78 is 4.95. The summed E-state index contributed by atoms with van der Waals surface area (Å²) in [6.07, 6.45) is 0. The fourth-order valence-corrected chi connectivity index (χ4v) is 1.64. The number of nitriles is 1. The van der Waals surface area contributed by atoms with Crippen LogP contribution in [0.2, 0.25) is 0 Å². The van der Waals surface area contributed by atoms with E-state index in [9.17, 15) is 9.59 Å². The van der Waals surface area contributed by atoms with Gasteiger partial charge in [0.05, 0.1) is 17.2 Å². The van der Waals surface area contributed by atoms with Gasteiger partial charge in [-0.2, -0.15) is 5.26 Å². The van der Waals surface area contributed by atoms with Gasteiger partial charge in [-0.15, -0.1) is 0 Å². The quantitative estimate of drug-likeness (QED) is 0.629. The molecule has 0 radical (unpaired) electrons. The van der Waals surface area contributed by atoms with Crippen LogP contribution in [0.4, 0.5) is 0 Å². The molecule has 2 rings (SSSR count). The highest BCUT2D eigenvalue weighted by Crippen LogP contribution is 2.07. The van der Waals surface area contributed by atoms with Crippen molar-refractivity contribution in [2.75, 3.05) is 6.61 Å². The maximum atomic E-state index is 11.8. The topological polar surface area (TPSA) is 67.2 Å². The summed E-state index contributed by atoms with van der Waals surface area (Å²) in [7, 11) is 0. The summed E-state index contributed by atoms with van der Waals surface area (Å²) in [5.74, 6) is -0.887. The van der Waals surface area contributed by atoms with E-state index in [0.717, 1.165) is 0 Å². The van der Waals surface area contributed by atoms with Gasteiger partial charge in [0.15, 0.2) is 12.4 Å². The second-order valence-corrected chi connectivity index (χ2v) is 4.06. The van der Waals surface area contributed by atoms with Crippen molar-refractivity contribution in [1.29, 1.82) is 5.26 Å². The van der Waals surface area contributed by atoms with E-state index >= 15 is 0 Å². The number of ether oxygens (including phenoxy) is 1. The van der Waals surface area contributed by atoms with E-state index in [-0.39, 0.29) is 18.0 Å². The van der Waals surface area contributed by atoms with Crippen LogP contribution in [0.25, 0.3) is 0 Å². The summed E-state index contributed by atoms with van der Waals surface area (Å²) >= 11 is 0. The molecule has 20 heavy (non-hydrogen) atoms. The zero-order chi connectivity index (χ0) is 14.4. The molecule has 98 valence electrons. The van der Waals surface area contributed by atoms with Crippen LogP contribution in [0.5, 0.6) is 0 Å². The standard InChI is InChI=1S/C16H11NO3/c17-10-12-5-4-8-14(9-12)16(19)20-11-15(18)13-6-2-1-3-7-13/h1-9H,11H2. The molecule has 0 aliphatic rings. The minimum Gasteiger partial charge on any atom is -0.454 e. The molecule has 0 bridgehead atoms. The molecule has 0 saturated heterocycles. The van der Waals surface area contributed by atoms with E-state index < -0.39 is 5.97 Å². The highest BCUT2D eigenvalue weighted by Gasteiger charge is 2.11. The summed E-state index contributed by atoms with van der Waals surface area (Å²) in [5, 5.41) is 8.75. The lowest BCUT2D eigenvalue weighted by molar-refractivity contribution is 0.0474. The van der Waals surface area contributed by atoms with Gasteiger partial charge < -0.3 is 4.74 Å². The molecule has 2 aromatic rings. The van der Waals surface area contributed by atoms with Gasteiger partial charge in [0.2, 0.25) is 0 Å². The molecule has 0 N–H and O–H groups in total. The Bertz CT molecular complexity index is 672. The molecule has 0 aliphatic carbocycles. The summed E-state index contributed by atoms with van der Waals surface area (Å²) in [6.45, 7) is -0.320. The maximum absolute atomic E-state index is 11.8. The Hall–Kier alpha value is -2.93. The van der Waals surface area contributed by atoms with E-state index in [0.29, 0.717) is 11.1 Å². The second kappa shape index (κ2) is 6.30. The van der Waals surface area contributed by atoms with E-state index in [1.165, 1.54) is 12.1 Å². The van der Waals surface area contributed by atoms with Crippen LogP contribution in [0.15, 0.2) is 54.6 Å². The number of ketones is 1. The van der Waals surface area contributed by atoms with Crippen LogP contribution in [0, 0.1) is 11.3 Å². The molecule has 0 spiro atoms. The van der Waals surface area contributed by atoms with Crippen molar-refractivity contribution in [3.63, 3.8) is 0 Å². The maximum Gasteiger partial charge on any atom is 0.338 e.